The fraction of sp³-hybridized carbons (Fsp3) is 0.125. The van der Waals surface area contributed by atoms with E-state index in [-0.39, 0.29) is 0 Å². The largest absolute Gasteiger partial charge is 0.496 e. The smallest absolute Gasteiger partial charge is 0.200 e. The Labute approximate surface area is 132 Å². The van der Waals surface area contributed by atoms with E-state index in [4.69, 9.17) is 9.72 Å². The van der Waals surface area contributed by atoms with Gasteiger partial charge in [-0.25, -0.2) is 9.97 Å². The Morgan fingerprint density at radius 2 is 2.04 bits per heavy atom. The summed E-state index contributed by atoms with van der Waals surface area (Å²) in [6.07, 6.45) is 5.36. The van der Waals surface area contributed by atoms with Crippen LogP contribution >= 0.6 is 0 Å². The molecule has 0 amide bonds. The second-order valence-corrected chi connectivity index (χ2v) is 5.13. The van der Waals surface area contributed by atoms with Crippen LogP contribution in [0.3, 0.4) is 0 Å². The molecule has 4 aromatic rings. The van der Waals surface area contributed by atoms with Gasteiger partial charge >= 0.3 is 0 Å². The Hall–Kier alpha value is -3.22. The highest BCUT2D eigenvalue weighted by Crippen LogP contribution is 2.32. The van der Waals surface area contributed by atoms with Gasteiger partial charge in [-0.05, 0) is 12.1 Å². The van der Waals surface area contributed by atoms with Crippen molar-refractivity contribution in [2.45, 2.75) is 0 Å². The first-order valence-corrected chi connectivity index (χ1v) is 7.10. The lowest BCUT2D eigenvalue weighted by Gasteiger charge is -2.06. The van der Waals surface area contributed by atoms with Crippen molar-refractivity contribution < 1.29 is 4.74 Å². The summed E-state index contributed by atoms with van der Waals surface area (Å²) in [6.45, 7) is 0. The van der Waals surface area contributed by atoms with Crippen molar-refractivity contribution in [3.8, 4) is 28.3 Å². The molecule has 7 heteroatoms. The summed E-state index contributed by atoms with van der Waals surface area (Å²) in [6, 6.07) is 7.74. The summed E-state index contributed by atoms with van der Waals surface area (Å²) in [5, 5.41) is 11.4. The fourth-order valence-corrected chi connectivity index (χ4v) is 2.53. The van der Waals surface area contributed by atoms with Crippen LogP contribution in [0.25, 0.3) is 33.7 Å². The molecule has 0 aliphatic heterocycles. The minimum Gasteiger partial charge on any atom is -0.496 e. The van der Waals surface area contributed by atoms with Gasteiger partial charge in [0.15, 0.2) is 5.65 Å². The molecule has 0 saturated heterocycles. The van der Waals surface area contributed by atoms with Gasteiger partial charge in [0, 0.05) is 24.4 Å². The van der Waals surface area contributed by atoms with Crippen molar-refractivity contribution in [3.05, 3.63) is 42.9 Å². The molecule has 0 aliphatic rings. The van der Waals surface area contributed by atoms with E-state index in [9.17, 15) is 0 Å². The number of nitrogens with zero attached hydrogens (tertiary/aromatic N) is 5. The molecule has 0 aliphatic carbocycles. The summed E-state index contributed by atoms with van der Waals surface area (Å²) in [5.41, 5.74) is 4.62. The molecule has 0 atom stereocenters. The van der Waals surface area contributed by atoms with Crippen molar-refractivity contribution in [1.82, 2.24) is 29.9 Å². The third-order valence-electron chi connectivity index (χ3n) is 3.64. The minimum absolute atomic E-state index is 0.568. The number of nitrogens with one attached hydrogen (secondary N) is 1. The van der Waals surface area contributed by atoms with E-state index in [1.54, 1.807) is 24.2 Å². The first-order valence-electron chi connectivity index (χ1n) is 7.10. The molecule has 114 valence electrons. The van der Waals surface area contributed by atoms with Gasteiger partial charge in [-0.3, -0.25) is 9.78 Å². The van der Waals surface area contributed by atoms with E-state index in [0.717, 1.165) is 28.3 Å². The van der Waals surface area contributed by atoms with Crippen LogP contribution in [0.1, 0.15) is 0 Å². The number of hydrogen-bond donors (Lipinski definition) is 1. The Balaban J connectivity index is 1.91. The van der Waals surface area contributed by atoms with Gasteiger partial charge in [0.1, 0.15) is 11.3 Å². The average molecular weight is 306 g/mol. The number of ether oxygens (including phenoxy) is 1. The first-order chi connectivity index (χ1) is 11.3. The summed E-state index contributed by atoms with van der Waals surface area (Å²) in [5.74, 6) is 0.756. The van der Waals surface area contributed by atoms with Gasteiger partial charge in [-0.15, -0.1) is 0 Å². The number of fused-ring (bicyclic) bond motifs is 1. The third-order valence-corrected chi connectivity index (χ3v) is 3.64. The maximum atomic E-state index is 5.43. The molecule has 4 rings (SSSR count). The summed E-state index contributed by atoms with van der Waals surface area (Å²) < 4.78 is 7.16. The van der Waals surface area contributed by atoms with Crippen molar-refractivity contribution in [2.24, 2.45) is 7.05 Å². The molecule has 0 unspecified atom stereocenters. The molecule has 23 heavy (non-hydrogen) atoms. The second kappa shape index (κ2) is 5.20. The van der Waals surface area contributed by atoms with E-state index >= 15 is 0 Å². The molecule has 1 aromatic carbocycles. The van der Waals surface area contributed by atoms with Gasteiger partial charge < -0.3 is 4.74 Å². The molecule has 0 fully saturated rings. The van der Waals surface area contributed by atoms with Crippen LogP contribution in [-0.4, -0.2) is 37.1 Å². The molecule has 3 heterocycles. The Bertz CT molecular complexity index is 987. The number of benzene rings is 1. The van der Waals surface area contributed by atoms with E-state index in [1.165, 1.54) is 0 Å². The topological polar surface area (TPSA) is 81.5 Å². The molecule has 1 N–H and O–H groups in total. The number of aromatic nitrogens is 6. The van der Waals surface area contributed by atoms with Crippen molar-refractivity contribution in [3.63, 3.8) is 0 Å². The van der Waals surface area contributed by atoms with Crippen molar-refractivity contribution in [2.75, 3.05) is 7.11 Å². The SMILES string of the molecule is COc1ccccc1-c1[nH]nc2ncc(-c3cnn(C)c3)nc12. The maximum absolute atomic E-state index is 5.43. The molecule has 7 nitrogen and oxygen atoms in total. The highest BCUT2D eigenvalue weighted by molar-refractivity contribution is 5.90. The predicted molar refractivity (Wildman–Crippen MR) is 85.9 cm³/mol. The zero-order valence-electron chi connectivity index (χ0n) is 12.7. The standard InChI is InChI=1S/C16H14N6O/c1-22-9-10(7-18-22)12-8-17-16-15(19-12)14(20-21-16)11-5-3-4-6-13(11)23-2/h3-9H,1-2H3,(H,17,20,21). The number of aryl methyl sites for hydroxylation is 1. The number of methoxy groups -OCH3 is 1. The summed E-state index contributed by atoms with van der Waals surface area (Å²) in [7, 11) is 3.51. The Kier molecular flexibility index (Phi) is 3.04. The van der Waals surface area contributed by atoms with Crippen LogP contribution in [0.15, 0.2) is 42.9 Å². The molecule has 0 spiro atoms. The van der Waals surface area contributed by atoms with Gasteiger partial charge in [0.2, 0.25) is 0 Å². The van der Waals surface area contributed by atoms with Crippen LogP contribution < -0.4 is 4.74 Å². The minimum atomic E-state index is 0.568. The molecular formula is C16H14N6O. The molecular weight excluding hydrogens is 292 g/mol. The van der Waals surface area contributed by atoms with E-state index in [0.29, 0.717) is 11.2 Å². The van der Waals surface area contributed by atoms with Crippen molar-refractivity contribution >= 4 is 11.2 Å². The molecule has 0 saturated carbocycles. The lowest BCUT2D eigenvalue weighted by atomic mass is 10.1. The van der Waals surface area contributed by atoms with Crippen LogP contribution in [0, 0.1) is 0 Å². The first kappa shape index (κ1) is 13.4. The fourth-order valence-electron chi connectivity index (χ4n) is 2.53. The Morgan fingerprint density at radius 1 is 1.17 bits per heavy atom. The molecule has 3 aromatic heterocycles. The lowest BCUT2D eigenvalue weighted by Crippen LogP contribution is -1.90. The summed E-state index contributed by atoms with van der Waals surface area (Å²) >= 11 is 0. The van der Waals surface area contributed by atoms with E-state index < -0.39 is 0 Å². The predicted octanol–water partition coefficient (Wildman–Crippen LogP) is 2.43. The van der Waals surface area contributed by atoms with Crippen LogP contribution in [0.2, 0.25) is 0 Å². The number of H-pyrrole nitrogens is 1. The van der Waals surface area contributed by atoms with E-state index in [2.05, 4.69) is 20.3 Å². The number of aromatic amines is 1. The number of rotatable bonds is 3. The van der Waals surface area contributed by atoms with Gasteiger partial charge in [-0.1, -0.05) is 12.1 Å². The summed E-state index contributed by atoms with van der Waals surface area (Å²) in [4.78, 5) is 9.09. The van der Waals surface area contributed by atoms with Crippen molar-refractivity contribution in [1.29, 1.82) is 0 Å². The average Bonchev–Trinajstić information content (AvgIpc) is 3.20. The number of para-hydroxylation sites is 1. The highest BCUT2D eigenvalue weighted by Gasteiger charge is 2.15. The zero-order chi connectivity index (χ0) is 15.8. The third kappa shape index (κ3) is 2.22. The highest BCUT2D eigenvalue weighted by atomic mass is 16.5. The van der Waals surface area contributed by atoms with Crippen LogP contribution in [0.5, 0.6) is 5.75 Å². The van der Waals surface area contributed by atoms with Gasteiger partial charge in [0.05, 0.1) is 30.9 Å². The number of hydrogen-bond acceptors (Lipinski definition) is 5. The van der Waals surface area contributed by atoms with E-state index in [1.807, 2.05) is 37.5 Å². The van der Waals surface area contributed by atoms with Gasteiger partial charge in [0.25, 0.3) is 0 Å². The lowest BCUT2D eigenvalue weighted by molar-refractivity contribution is 0.416. The maximum Gasteiger partial charge on any atom is 0.200 e. The molecule has 0 bridgehead atoms. The normalized spacial score (nSPS) is 11.0. The van der Waals surface area contributed by atoms with Crippen LogP contribution in [-0.2, 0) is 7.05 Å². The molecule has 0 radical (unpaired) electrons. The van der Waals surface area contributed by atoms with Crippen LogP contribution in [0.4, 0.5) is 0 Å². The monoisotopic (exact) mass is 306 g/mol. The quantitative estimate of drug-likeness (QED) is 0.628. The van der Waals surface area contributed by atoms with Gasteiger partial charge in [-0.2, -0.15) is 10.2 Å². The second-order valence-electron chi connectivity index (χ2n) is 5.13. The zero-order valence-corrected chi connectivity index (χ0v) is 12.7. The Morgan fingerprint density at radius 3 is 2.83 bits per heavy atom.